The third-order valence-corrected chi connectivity index (χ3v) is 8.57. The predicted molar refractivity (Wildman–Crippen MR) is 126 cm³/mol. The molecule has 2 fully saturated rings. The van der Waals surface area contributed by atoms with Crippen LogP contribution in [-0.2, 0) is 9.47 Å². The molecule has 0 aliphatic carbocycles. The Balaban J connectivity index is 1.28. The van der Waals surface area contributed by atoms with Crippen molar-refractivity contribution in [1.82, 2.24) is 0 Å². The third-order valence-electron chi connectivity index (χ3n) is 6.36. The second-order valence-corrected chi connectivity index (χ2v) is 11.6. The third kappa shape index (κ3) is 11.1. The molecule has 4 nitrogen and oxygen atoms in total. The van der Waals surface area contributed by atoms with Gasteiger partial charge in [-0.25, -0.2) is 0 Å². The Bertz CT molecular complexity index is 351. The standard InChI is InChI=1S/C22H46N2O2S2/c1-23(9-4-3-5-10-23)14-22-28-21-8-16-25-15-7-20-27-19-6-11-24(2)12-17-26-18-13-24/h3-22H2,1-2H3/q+2. The molecule has 2 saturated heterocycles. The summed E-state index contributed by atoms with van der Waals surface area (Å²) in [6.45, 7) is 11.6. The number of thioether (sulfide) groups is 2. The van der Waals surface area contributed by atoms with Crippen LogP contribution in [0.5, 0.6) is 0 Å². The van der Waals surface area contributed by atoms with E-state index in [1.807, 2.05) is 0 Å². The number of ether oxygens (including phenoxy) is 2. The van der Waals surface area contributed by atoms with E-state index >= 15 is 0 Å². The first-order chi connectivity index (χ1) is 13.6. The molecule has 0 saturated carbocycles. The van der Waals surface area contributed by atoms with Gasteiger partial charge in [0.2, 0.25) is 0 Å². The second kappa shape index (κ2) is 14.5. The van der Waals surface area contributed by atoms with Crippen molar-refractivity contribution in [3.8, 4) is 0 Å². The van der Waals surface area contributed by atoms with E-state index in [-0.39, 0.29) is 0 Å². The molecule has 0 radical (unpaired) electrons. The highest BCUT2D eigenvalue weighted by molar-refractivity contribution is 7.99. The van der Waals surface area contributed by atoms with Gasteiger partial charge in [0.05, 0.1) is 53.5 Å². The molecule has 0 N–H and O–H groups in total. The van der Waals surface area contributed by atoms with E-state index in [1.54, 1.807) is 0 Å². The van der Waals surface area contributed by atoms with Crippen molar-refractivity contribution < 1.29 is 18.4 Å². The van der Waals surface area contributed by atoms with Gasteiger partial charge in [-0.05, 0) is 49.4 Å². The lowest BCUT2D eigenvalue weighted by molar-refractivity contribution is -0.916. The minimum absolute atomic E-state index is 0.942. The van der Waals surface area contributed by atoms with Gasteiger partial charge in [0.1, 0.15) is 13.1 Å². The largest absolute Gasteiger partial charge is 0.381 e. The van der Waals surface area contributed by atoms with Crippen molar-refractivity contribution in [3.63, 3.8) is 0 Å². The molecule has 28 heavy (non-hydrogen) atoms. The first kappa shape index (κ1) is 24.8. The fraction of sp³-hybridized carbons (Fsp3) is 1.00. The van der Waals surface area contributed by atoms with E-state index in [4.69, 9.17) is 9.47 Å². The van der Waals surface area contributed by atoms with E-state index in [0.29, 0.717) is 0 Å². The molecule has 0 aromatic heterocycles. The number of likely N-dealkylation sites (N-methyl/N-ethyl adjacent to an activating group) is 1. The zero-order valence-electron chi connectivity index (χ0n) is 18.7. The predicted octanol–water partition coefficient (Wildman–Crippen LogP) is 3.75. The summed E-state index contributed by atoms with van der Waals surface area (Å²) in [5.41, 5.74) is 0. The summed E-state index contributed by atoms with van der Waals surface area (Å²) in [6.07, 6.45) is 8.06. The molecule has 6 heteroatoms. The van der Waals surface area contributed by atoms with Crippen LogP contribution in [-0.4, -0.2) is 112 Å². The van der Waals surface area contributed by atoms with E-state index in [1.165, 1.54) is 110 Å². The van der Waals surface area contributed by atoms with Gasteiger partial charge < -0.3 is 18.4 Å². The lowest BCUT2D eigenvalue weighted by Crippen LogP contribution is -2.52. The Labute approximate surface area is 183 Å². The van der Waals surface area contributed by atoms with Crippen molar-refractivity contribution >= 4 is 23.5 Å². The SMILES string of the molecule is C[N+]1(CCCSCCCOCCCSCC[N+]2(C)CCCCC2)CCOCC1. The molecule has 2 aliphatic heterocycles. The van der Waals surface area contributed by atoms with Crippen LogP contribution in [0.3, 0.4) is 0 Å². The van der Waals surface area contributed by atoms with Gasteiger partial charge in [0.25, 0.3) is 0 Å². The highest BCUT2D eigenvalue weighted by atomic mass is 32.2. The average Bonchev–Trinajstić information content (AvgIpc) is 2.69. The van der Waals surface area contributed by atoms with Crippen molar-refractivity contribution in [2.24, 2.45) is 0 Å². The molecule has 0 atom stereocenters. The molecule has 2 rings (SSSR count). The van der Waals surface area contributed by atoms with E-state index < -0.39 is 0 Å². The zero-order valence-corrected chi connectivity index (χ0v) is 20.3. The van der Waals surface area contributed by atoms with Crippen LogP contribution < -0.4 is 0 Å². The summed E-state index contributed by atoms with van der Waals surface area (Å²) >= 11 is 4.23. The number of quaternary nitrogens is 2. The van der Waals surface area contributed by atoms with Gasteiger partial charge >= 0.3 is 0 Å². The van der Waals surface area contributed by atoms with Gasteiger partial charge in [0.15, 0.2) is 0 Å². The Morgan fingerprint density at radius 2 is 1.25 bits per heavy atom. The lowest BCUT2D eigenvalue weighted by atomic mass is 10.1. The molecular weight excluding hydrogens is 388 g/mol. The van der Waals surface area contributed by atoms with Crippen molar-refractivity contribution in [2.75, 3.05) is 103 Å². The number of morpholine rings is 1. The molecule has 0 aromatic carbocycles. The minimum atomic E-state index is 0.942. The summed E-state index contributed by atoms with van der Waals surface area (Å²) in [7, 11) is 4.83. The fourth-order valence-electron chi connectivity index (χ4n) is 4.17. The van der Waals surface area contributed by atoms with Crippen LogP contribution in [0.15, 0.2) is 0 Å². The maximum Gasteiger partial charge on any atom is 0.102 e. The summed E-state index contributed by atoms with van der Waals surface area (Å²) < 4.78 is 13.8. The topological polar surface area (TPSA) is 18.5 Å². The maximum atomic E-state index is 5.82. The zero-order chi connectivity index (χ0) is 20.0. The first-order valence-corrected chi connectivity index (χ1v) is 13.9. The Kier molecular flexibility index (Phi) is 12.9. The normalized spacial score (nSPS) is 21.6. The summed E-state index contributed by atoms with van der Waals surface area (Å²) in [5.74, 6) is 5.12. The monoisotopic (exact) mass is 434 g/mol. The maximum absolute atomic E-state index is 5.82. The Hall–Kier alpha value is 0.540. The van der Waals surface area contributed by atoms with Crippen LogP contribution in [0.1, 0.15) is 38.5 Å². The van der Waals surface area contributed by atoms with Gasteiger partial charge in [-0.1, -0.05) is 0 Å². The van der Waals surface area contributed by atoms with Crippen molar-refractivity contribution in [1.29, 1.82) is 0 Å². The number of piperidine rings is 1. The molecule has 0 bridgehead atoms. The fourth-order valence-corrected chi connectivity index (χ4v) is 6.13. The van der Waals surface area contributed by atoms with Gasteiger partial charge in [0, 0.05) is 25.4 Å². The molecule has 0 unspecified atom stereocenters. The highest BCUT2D eigenvalue weighted by Crippen LogP contribution is 2.17. The lowest BCUT2D eigenvalue weighted by Gasteiger charge is -2.37. The highest BCUT2D eigenvalue weighted by Gasteiger charge is 2.24. The molecule has 2 heterocycles. The molecule has 166 valence electrons. The van der Waals surface area contributed by atoms with E-state index in [9.17, 15) is 0 Å². The average molecular weight is 435 g/mol. The number of hydrogen-bond acceptors (Lipinski definition) is 4. The van der Waals surface area contributed by atoms with Crippen LogP contribution in [0.4, 0.5) is 0 Å². The molecular formula is C22H46N2O2S2+2. The Morgan fingerprint density at radius 3 is 1.93 bits per heavy atom. The van der Waals surface area contributed by atoms with E-state index in [2.05, 4.69) is 37.6 Å². The minimum Gasteiger partial charge on any atom is -0.381 e. The van der Waals surface area contributed by atoms with Crippen molar-refractivity contribution in [3.05, 3.63) is 0 Å². The molecule has 2 aliphatic rings. The number of hydrogen-bond donors (Lipinski definition) is 0. The Morgan fingerprint density at radius 1 is 0.679 bits per heavy atom. The molecule has 0 amide bonds. The van der Waals surface area contributed by atoms with Crippen molar-refractivity contribution in [2.45, 2.75) is 38.5 Å². The van der Waals surface area contributed by atoms with Crippen LogP contribution in [0.2, 0.25) is 0 Å². The van der Waals surface area contributed by atoms with Gasteiger partial charge in [-0.3, -0.25) is 0 Å². The van der Waals surface area contributed by atoms with Crippen LogP contribution in [0, 0.1) is 0 Å². The summed E-state index contributed by atoms with van der Waals surface area (Å²) in [5, 5.41) is 0. The molecule has 0 spiro atoms. The summed E-state index contributed by atoms with van der Waals surface area (Å²) in [6, 6.07) is 0. The summed E-state index contributed by atoms with van der Waals surface area (Å²) in [4.78, 5) is 0. The van der Waals surface area contributed by atoms with Crippen LogP contribution in [0.25, 0.3) is 0 Å². The van der Waals surface area contributed by atoms with E-state index in [0.717, 1.165) is 26.4 Å². The second-order valence-electron chi connectivity index (χ2n) is 9.15. The number of rotatable bonds is 15. The number of likely N-dealkylation sites (tertiary alicyclic amines) is 1. The number of nitrogens with zero attached hydrogens (tertiary/aromatic N) is 2. The smallest absolute Gasteiger partial charge is 0.102 e. The van der Waals surface area contributed by atoms with Crippen LogP contribution >= 0.6 is 23.5 Å². The van der Waals surface area contributed by atoms with Gasteiger partial charge in [-0.15, -0.1) is 0 Å². The van der Waals surface area contributed by atoms with Gasteiger partial charge in [-0.2, -0.15) is 23.5 Å². The quantitative estimate of drug-likeness (QED) is 0.288. The molecule has 0 aromatic rings. The first-order valence-electron chi connectivity index (χ1n) is 11.6.